The van der Waals surface area contributed by atoms with Gasteiger partial charge in [0.1, 0.15) is 11.1 Å². The lowest BCUT2D eigenvalue weighted by atomic mass is 10.1. The van der Waals surface area contributed by atoms with E-state index in [1.165, 1.54) is 7.11 Å². The van der Waals surface area contributed by atoms with Crippen LogP contribution in [0.4, 0.5) is 0 Å². The van der Waals surface area contributed by atoms with Crippen LogP contribution in [0.3, 0.4) is 0 Å². The lowest BCUT2D eigenvalue weighted by molar-refractivity contribution is 0.0595. The van der Waals surface area contributed by atoms with Gasteiger partial charge in [-0.25, -0.2) is 4.79 Å². The Kier molecular flexibility index (Phi) is 2.91. The molecule has 96 valence electrons. The van der Waals surface area contributed by atoms with Crippen LogP contribution in [0, 0.1) is 5.41 Å². The van der Waals surface area contributed by atoms with E-state index in [-0.39, 0.29) is 11.1 Å². The smallest absolute Gasteiger partial charge is 0.343 e. The SMILES string of the molecule is COC(=O)c1cc2ccc3sc(Br)cc3c2oc1=N. The van der Waals surface area contributed by atoms with Crippen LogP contribution in [-0.4, -0.2) is 13.1 Å². The van der Waals surface area contributed by atoms with Crippen LogP contribution in [0.2, 0.25) is 0 Å². The minimum Gasteiger partial charge on any atom is -0.465 e. The molecule has 4 nitrogen and oxygen atoms in total. The summed E-state index contributed by atoms with van der Waals surface area (Å²) >= 11 is 5.03. The molecule has 0 radical (unpaired) electrons. The van der Waals surface area contributed by atoms with Crippen LogP contribution >= 0.6 is 27.3 Å². The fourth-order valence-electron chi connectivity index (χ4n) is 1.94. The maximum Gasteiger partial charge on any atom is 0.343 e. The van der Waals surface area contributed by atoms with Crippen molar-refractivity contribution in [2.75, 3.05) is 7.11 Å². The van der Waals surface area contributed by atoms with E-state index >= 15 is 0 Å². The molecule has 0 aliphatic rings. The lowest BCUT2D eigenvalue weighted by Gasteiger charge is -2.02. The van der Waals surface area contributed by atoms with Gasteiger partial charge in [-0.2, -0.15) is 0 Å². The van der Waals surface area contributed by atoms with E-state index in [0.717, 1.165) is 19.3 Å². The zero-order valence-corrected chi connectivity index (χ0v) is 12.2. The number of hydrogen-bond donors (Lipinski definition) is 1. The molecule has 0 atom stereocenters. The summed E-state index contributed by atoms with van der Waals surface area (Å²) in [7, 11) is 1.28. The van der Waals surface area contributed by atoms with Crippen LogP contribution in [0.15, 0.2) is 32.5 Å². The van der Waals surface area contributed by atoms with Crippen LogP contribution in [0.1, 0.15) is 10.4 Å². The largest absolute Gasteiger partial charge is 0.465 e. The molecule has 0 spiro atoms. The summed E-state index contributed by atoms with van der Waals surface area (Å²) < 4.78 is 12.2. The number of hydrogen-bond acceptors (Lipinski definition) is 5. The highest BCUT2D eigenvalue weighted by molar-refractivity contribution is 9.11. The second-order valence-corrected chi connectivity index (χ2v) is 6.39. The Hall–Kier alpha value is -1.66. The maximum absolute atomic E-state index is 11.5. The zero-order valence-electron chi connectivity index (χ0n) is 9.82. The lowest BCUT2D eigenvalue weighted by Crippen LogP contribution is -2.15. The number of fused-ring (bicyclic) bond motifs is 3. The first kappa shape index (κ1) is 12.4. The third-order valence-electron chi connectivity index (χ3n) is 2.81. The summed E-state index contributed by atoms with van der Waals surface area (Å²) in [4.78, 5) is 11.5. The minimum atomic E-state index is -0.567. The van der Waals surface area contributed by atoms with Crippen LogP contribution in [-0.2, 0) is 4.74 Å². The topological polar surface area (TPSA) is 63.3 Å². The fraction of sp³-hybridized carbons (Fsp3) is 0.0769. The normalized spacial score (nSPS) is 11.1. The molecule has 0 unspecified atom stereocenters. The van der Waals surface area contributed by atoms with Gasteiger partial charge in [0, 0.05) is 15.5 Å². The fourth-order valence-corrected chi connectivity index (χ4v) is 3.48. The quantitative estimate of drug-likeness (QED) is 0.689. The van der Waals surface area contributed by atoms with Gasteiger partial charge < -0.3 is 9.15 Å². The third kappa shape index (κ3) is 1.97. The predicted molar refractivity (Wildman–Crippen MR) is 76.5 cm³/mol. The molecule has 0 amide bonds. The summed E-state index contributed by atoms with van der Waals surface area (Å²) in [5, 5.41) is 9.50. The predicted octanol–water partition coefficient (Wildman–Crippen LogP) is 3.68. The number of esters is 1. The van der Waals surface area contributed by atoms with Crippen LogP contribution in [0.5, 0.6) is 0 Å². The molecule has 0 bridgehead atoms. The molecule has 0 saturated heterocycles. The van der Waals surface area contributed by atoms with Gasteiger partial charge in [0.05, 0.1) is 10.9 Å². The number of carbonyl (C=O) groups is 1. The molecule has 2 heterocycles. The van der Waals surface area contributed by atoms with E-state index in [1.807, 2.05) is 18.2 Å². The van der Waals surface area contributed by atoms with Crippen LogP contribution < -0.4 is 5.55 Å². The number of halogens is 1. The Labute approximate surface area is 120 Å². The second kappa shape index (κ2) is 4.47. The Bertz CT molecular complexity index is 865. The molecule has 0 aliphatic heterocycles. The van der Waals surface area contributed by atoms with Gasteiger partial charge in [-0.3, -0.25) is 5.41 Å². The number of rotatable bonds is 1. The van der Waals surface area contributed by atoms with E-state index in [0.29, 0.717) is 5.58 Å². The summed E-state index contributed by atoms with van der Waals surface area (Å²) in [6.07, 6.45) is 0. The molecular formula is C13H8BrNO3S. The standard InChI is InChI=1S/C13H8BrNO3S/c1-17-13(16)8-4-6-2-3-9-7(5-10(14)19-9)11(6)18-12(8)15/h2-5,15H,1H3. The molecule has 3 aromatic rings. The van der Waals surface area contributed by atoms with E-state index in [1.54, 1.807) is 17.4 Å². The average molecular weight is 338 g/mol. The van der Waals surface area contributed by atoms with Gasteiger partial charge in [-0.05, 0) is 40.2 Å². The number of carbonyl (C=O) groups excluding carboxylic acids is 1. The Balaban J connectivity index is 2.40. The van der Waals surface area contributed by atoms with E-state index in [2.05, 4.69) is 20.7 Å². The summed E-state index contributed by atoms with van der Waals surface area (Å²) in [5.41, 5.74) is 0.551. The molecule has 2 aromatic heterocycles. The van der Waals surface area contributed by atoms with Crippen molar-refractivity contribution in [3.8, 4) is 0 Å². The van der Waals surface area contributed by atoms with E-state index in [4.69, 9.17) is 9.83 Å². The number of ether oxygens (including phenoxy) is 1. The zero-order chi connectivity index (χ0) is 13.6. The summed E-state index contributed by atoms with van der Waals surface area (Å²) in [6.45, 7) is 0. The summed E-state index contributed by atoms with van der Waals surface area (Å²) in [5.74, 6) is -0.567. The molecule has 0 aliphatic carbocycles. The van der Waals surface area contributed by atoms with Crippen LogP contribution in [0.25, 0.3) is 21.1 Å². The van der Waals surface area contributed by atoms with Gasteiger partial charge in [-0.15, -0.1) is 11.3 Å². The first-order chi connectivity index (χ1) is 9.10. The second-order valence-electron chi connectivity index (χ2n) is 3.93. The van der Waals surface area contributed by atoms with Crippen molar-refractivity contribution in [3.05, 3.63) is 39.2 Å². The summed E-state index contributed by atoms with van der Waals surface area (Å²) in [6, 6.07) is 7.41. The molecule has 19 heavy (non-hydrogen) atoms. The third-order valence-corrected chi connectivity index (χ3v) is 4.41. The highest BCUT2D eigenvalue weighted by Gasteiger charge is 2.14. The highest BCUT2D eigenvalue weighted by atomic mass is 79.9. The molecule has 0 fully saturated rings. The minimum absolute atomic E-state index is 0.128. The average Bonchev–Trinajstić information content (AvgIpc) is 2.78. The van der Waals surface area contributed by atoms with Crippen molar-refractivity contribution >= 4 is 54.3 Å². The molecule has 1 aromatic carbocycles. The maximum atomic E-state index is 11.5. The van der Waals surface area contributed by atoms with Gasteiger partial charge in [0.2, 0.25) is 5.55 Å². The number of methoxy groups -OCH3 is 1. The van der Waals surface area contributed by atoms with Crippen molar-refractivity contribution in [2.45, 2.75) is 0 Å². The van der Waals surface area contributed by atoms with Crippen molar-refractivity contribution in [3.63, 3.8) is 0 Å². The molecule has 1 N–H and O–H groups in total. The molecule has 3 rings (SSSR count). The van der Waals surface area contributed by atoms with Crippen molar-refractivity contribution < 1.29 is 13.9 Å². The van der Waals surface area contributed by atoms with Gasteiger partial charge in [0.25, 0.3) is 0 Å². The van der Waals surface area contributed by atoms with Gasteiger partial charge in [0.15, 0.2) is 0 Å². The van der Waals surface area contributed by atoms with Gasteiger partial charge >= 0.3 is 5.97 Å². The Morgan fingerprint density at radius 3 is 2.95 bits per heavy atom. The number of nitrogens with one attached hydrogen (secondary N) is 1. The molecular weight excluding hydrogens is 330 g/mol. The van der Waals surface area contributed by atoms with Gasteiger partial charge in [-0.1, -0.05) is 0 Å². The van der Waals surface area contributed by atoms with Crippen molar-refractivity contribution in [1.82, 2.24) is 0 Å². The first-order valence-corrected chi connectivity index (χ1v) is 7.00. The first-order valence-electron chi connectivity index (χ1n) is 5.39. The number of thiophene rings is 1. The van der Waals surface area contributed by atoms with Crippen molar-refractivity contribution in [2.24, 2.45) is 0 Å². The molecule has 0 saturated carbocycles. The highest BCUT2D eigenvalue weighted by Crippen LogP contribution is 2.34. The van der Waals surface area contributed by atoms with Crippen molar-refractivity contribution in [1.29, 1.82) is 5.41 Å². The molecule has 6 heteroatoms. The Morgan fingerprint density at radius 1 is 1.42 bits per heavy atom. The van der Waals surface area contributed by atoms with E-state index < -0.39 is 5.97 Å². The monoisotopic (exact) mass is 337 g/mol. The number of benzene rings is 1. The van der Waals surface area contributed by atoms with E-state index in [9.17, 15) is 4.79 Å². The Morgan fingerprint density at radius 2 is 2.21 bits per heavy atom.